The molecule has 0 unspecified atom stereocenters. The topological polar surface area (TPSA) is 66.5 Å². The maximum absolute atomic E-state index is 9.52. The first kappa shape index (κ1) is 10.8. The fourth-order valence-electron chi connectivity index (χ4n) is 1.23. The van der Waals surface area contributed by atoms with Crippen LogP contribution in [0.25, 0.3) is 6.08 Å². The van der Waals surface area contributed by atoms with E-state index in [0.29, 0.717) is 5.56 Å². The molecule has 0 bridgehead atoms. The number of benzene rings is 1. The van der Waals surface area contributed by atoms with Gasteiger partial charge in [-0.3, -0.25) is 0 Å². The van der Waals surface area contributed by atoms with Gasteiger partial charge in [-0.15, -0.1) is 0 Å². The van der Waals surface area contributed by atoms with Crippen LogP contribution in [0.1, 0.15) is 24.1 Å². The summed E-state index contributed by atoms with van der Waals surface area (Å²) in [5.74, 6) is 0.101. The van der Waals surface area contributed by atoms with Crippen molar-refractivity contribution in [3.8, 4) is 5.75 Å². The summed E-state index contributed by atoms with van der Waals surface area (Å²) in [4.78, 5) is 0. The predicted octanol–water partition coefficient (Wildman–Crippen LogP) is 1.42. The first-order valence-corrected chi connectivity index (χ1v) is 4.45. The van der Waals surface area contributed by atoms with Crippen molar-refractivity contribution < 1.29 is 10.2 Å². The van der Waals surface area contributed by atoms with Crippen LogP contribution in [0.2, 0.25) is 0 Å². The lowest BCUT2D eigenvalue weighted by Crippen LogP contribution is -2.23. The van der Waals surface area contributed by atoms with Crippen molar-refractivity contribution in [2.45, 2.75) is 19.1 Å². The van der Waals surface area contributed by atoms with E-state index in [2.05, 4.69) is 6.58 Å². The Hall–Kier alpha value is -1.32. The Bertz CT molecular complexity index is 334. The van der Waals surface area contributed by atoms with Gasteiger partial charge in [0, 0.05) is 5.56 Å². The molecule has 1 rings (SSSR count). The Morgan fingerprint density at radius 1 is 1.50 bits per heavy atom. The minimum absolute atomic E-state index is 0.101. The van der Waals surface area contributed by atoms with E-state index in [1.807, 2.05) is 0 Å². The monoisotopic (exact) mass is 193 g/mol. The van der Waals surface area contributed by atoms with Crippen molar-refractivity contribution in [1.82, 2.24) is 0 Å². The zero-order valence-electron chi connectivity index (χ0n) is 8.14. The van der Waals surface area contributed by atoms with Crippen molar-refractivity contribution in [3.05, 3.63) is 35.9 Å². The number of aromatic hydroxyl groups is 1. The molecule has 0 aromatic heterocycles. The highest BCUT2D eigenvalue weighted by Crippen LogP contribution is 2.26. The minimum Gasteiger partial charge on any atom is -0.508 e. The summed E-state index contributed by atoms with van der Waals surface area (Å²) in [5.41, 5.74) is 7.13. The summed E-state index contributed by atoms with van der Waals surface area (Å²) in [7, 11) is 0. The molecule has 0 saturated carbocycles. The number of phenols is 1. The van der Waals surface area contributed by atoms with Gasteiger partial charge in [0.15, 0.2) is 0 Å². The third kappa shape index (κ3) is 2.13. The first-order chi connectivity index (χ1) is 6.56. The lowest BCUT2D eigenvalue weighted by Gasteiger charge is -2.16. The smallest absolute Gasteiger partial charge is 0.120 e. The molecule has 0 fully saturated rings. The molecular formula is C11H15NO2. The third-order valence-corrected chi connectivity index (χ3v) is 2.17. The lowest BCUT2D eigenvalue weighted by atomic mass is 10.00. The van der Waals surface area contributed by atoms with E-state index in [9.17, 15) is 10.2 Å². The van der Waals surface area contributed by atoms with Crippen LogP contribution < -0.4 is 5.73 Å². The fraction of sp³-hybridized carbons (Fsp3) is 0.273. The van der Waals surface area contributed by atoms with E-state index in [-0.39, 0.29) is 5.75 Å². The van der Waals surface area contributed by atoms with E-state index in [1.165, 1.54) is 0 Å². The second-order valence-electron chi connectivity index (χ2n) is 3.29. The molecule has 4 N–H and O–H groups in total. The lowest BCUT2D eigenvalue weighted by molar-refractivity contribution is 0.163. The van der Waals surface area contributed by atoms with E-state index in [4.69, 9.17) is 5.73 Å². The number of nitrogens with two attached hydrogens (primary N) is 1. The summed E-state index contributed by atoms with van der Waals surface area (Å²) in [6.07, 6.45) is 0.971. The Morgan fingerprint density at radius 3 is 2.64 bits per heavy atom. The average Bonchev–Trinajstić information content (AvgIpc) is 2.17. The zero-order chi connectivity index (χ0) is 10.7. The van der Waals surface area contributed by atoms with Gasteiger partial charge in [0.05, 0.1) is 12.1 Å². The van der Waals surface area contributed by atoms with Gasteiger partial charge >= 0.3 is 0 Å². The van der Waals surface area contributed by atoms with Gasteiger partial charge in [0.25, 0.3) is 0 Å². The molecule has 0 spiro atoms. The van der Waals surface area contributed by atoms with Crippen LogP contribution in [0.15, 0.2) is 24.8 Å². The van der Waals surface area contributed by atoms with Gasteiger partial charge in [-0.05, 0) is 24.6 Å². The molecule has 14 heavy (non-hydrogen) atoms. The van der Waals surface area contributed by atoms with E-state index < -0.39 is 12.1 Å². The standard InChI is InChI=1S/C11H15NO2/c1-3-8-4-5-10(14)9(6-8)11(12)7(2)13/h3-7,11,13-14H,1,12H2,2H3/t7-,11+/m1/s1. The molecule has 0 aliphatic carbocycles. The molecule has 0 heterocycles. The number of hydrogen-bond donors (Lipinski definition) is 3. The molecule has 0 aliphatic rings. The van der Waals surface area contributed by atoms with E-state index in [0.717, 1.165) is 5.56 Å². The van der Waals surface area contributed by atoms with E-state index >= 15 is 0 Å². The van der Waals surface area contributed by atoms with Crippen LogP contribution in [-0.2, 0) is 0 Å². The van der Waals surface area contributed by atoms with Crippen LogP contribution in [0.4, 0.5) is 0 Å². The van der Waals surface area contributed by atoms with Crippen LogP contribution in [0, 0.1) is 0 Å². The highest BCUT2D eigenvalue weighted by atomic mass is 16.3. The van der Waals surface area contributed by atoms with Crippen LogP contribution >= 0.6 is 0 Å². The second kappa shape index (κ2) is 4.26. The highest BCUT2D eigenvalue weighted by molar-refractivity contribution is 5.52. The SMILES string of the molecule is C=Cc1ccc(O)c([C@@H](N)[C@@H](C)O)c1. The van der Waals surface area contributed by atoms with E-state index in [1.54, 1.807) is 31.2 Å². The van der Waals surface area contributed by atoms with Gasteiger partial charge < -0.3 is 15.9 Å². The van der Waals surface area contributed by atoms with Crippen molar-refractivity contribution in [2.24, 2.45) is 5.73 Å². The maximum atomic E-state index is 9.52. The van der Waals surface area contributed by atoms with Crippen molar-refractivity contribution in [3.63, 3.8) is 0 Å². The maximum Gasteiger partial charge on any atom is 0.120 e. The Balaban J connectivity index is 3.11. The number of rotatable bonds is 3. The molecule has 0 radical (unpaired) electrons. The van der Waals surface area contributed by atoms with Gasteiger partial charge in [0.2, 0.25) is 0 Å². The largest absolute Gasteiger partial charge is 0.508 e. The van der Waals surface area contributed by atoms with Gasteiger partial charge in [0.1, 0.15) is 5.75 Å². The predicted molar refractivity (Wildman–Crippen MR) is 56.8 cm³/mol. The fourth-order valence-corrected chi connectivity index (χ4v) is 1.23. The Morgan fingerprint density at radius 2 is 2.14 bits per heavy atom. The summed E-state index contributed by atoms with van der Waals surface area (Å²) in [5, 5.41) is 18.8. The molecule has 0 aliphatic heterocycles. The van der Waals surface area contributed by atoms with Crippen molar-refractivity contribution in [1.29, 1.82) is 0 Å². The van der Waals surface area contributed by atoms with Crippen LogP contribution in [-0.4, -0.2) is 16.3 Å². The number of phenolic OH excluding ortho intramolecular Hbond substituents is 1. The third-order valence-electron chi connectivity index (χ3n) is 2.17. The molecule has 3 heteroatoms. The molecule has 76 valence electrons. The zero-order valence-corrected chi connectivity index (χ0v) is 8.14. The molecular weight excluding hydrogens is 178 g/mol. The van der Waals surface area contributed by atoms with Gasteiger partial charge in [-0.25, -0.2) is 0 Å². The first-order valence-electron chi connectivity index (χ1n) is 4.45. The molecule has 3 nitrogen and oxygen atoms in total. The molecule has 0 saturated heterocycles. The summed E-state index contributed by atoms with van der Waals surface area (Å²) >= 11 is 0. The molecule has 0 amide bonds. The summed E-state index contributed by atoms with van der Waals surface area (Å²) in [6, 6.07) is 4.43. The van der Waals surface area contributed by atoms with Crippen molar-refractivity contribution >= 4 is 6.08 Å². The number of hydrogen-bond acceptors (Lipinski definition) is 3. The molecule has 2 atom stereocenters. The Labute approximate surface area is 83.5 Å². The quantitative estimate of drug-likeness (QED) is 0.680. The van der Waals surface area contributed by atoms with Gasteiger partial charge in [-0.1, -0.05) is 18.7 Å². The molecule has 1 aromatic rings. The molecule has 1 aromatic carbocycles. The van der Waals surface area contributed by atoms with Gasteiger partial charge in [-0.2, -0.15) is 0 Å². The number of aliphatic hydroxyl groups is 1. The summed E-state index contributed by atoms with van der Waals surface area (Å²) in [6.45, 7) is 5.21. The van der Waals surface area contributed by atoms with Crippen LogP contribution in [0.3, 0.4) is 0 Å². The average molecular weight is 193 g/mol. The normalized spacial score (nSPS) is 14.8. The minimum atomic E-state index is -0.694. The van der Waals surface area contributed by atoms with Crippen LogP contribution in [0.5, 0.6) is 5.75 Å². The summed E-state index contributed by atoms with van der Waals surface area (Å²) < 4.78 is 0. The highest BCUT2D eigenvalue weighted by Gasteiger charge is 2.15. The van der Waals surface area contributed by atoms with Crippen molar-refractivity contribution in [2.75, 3.05) is 0 Å². The second-order valence-corrected chi connectivity index (χ2v) is 3.29. The Kier molecular flexibility index (Phi) is 3.28. The number of aliphatic hydroxyl groups excluding tert-OH is 1.